The van der Waals surface area contributed by atoms with Gasteiger partial charge >= 0.3 is 0 Å². The summed E-state index contributed by atoms with van der Waals surface area (Å²) < 4.78 is 0.852. The Labute approximate surface area is 133 Å². The first-order valence-corrected chi connectivity index (χ1v) is 7.21. The molecule has 1 atom stereocenters. The molecule has 0 saturated heterocycles. The third kappa shape index (κ3) is 6.13. The normalized spacial score (nSPS) is 11.6. The van der Waals surface area contributed by atoms with Crippen LogP contribution < -0.4 is 11.1 Å². The summed E-state index contributed by atoms with van der Waals surface area (Å²) in [7, 11) is 0. The van der Waals surface area contributed by atoms with Gasteiger partial charge < -0.3 is 11.1 Å². The van der Waals surface area contributed by atoms with Gasteiger partial charge in [0.2, 0.25) is 0 Å². The van der Waals surface area contributed by atoms with E-state index in [2.05, 4.69) is 28.2 Å². The minimum atomic E-state index is -0.168. The fourth-order valence-electron chi connectivity index (χ4n) is 1.64. The molecule has 1 aromatic carbocycles. The summed E-state index contributed by atoms with van der Waals surface area (Å²) in [5.74, 6) is -0.168. The van der Waals surface area contributed by atoms with E-state index in [1.165, 1.54) is 0 Å². The zero-order valence-electron chi connectivity index (χ0n) is 10.8. The van der Waals surface area contributed by atoms with Crippen LogP contribution in [0.3, 0.4) is 0 Å². The van der Waals surface area contributed by atoms with Gasteiger partial charge in [-0.2, -0.15) is 0 Å². The number of nitrogens with two attached hydrogens (primary N) is 1. The van der Waals surface area contributed by atoms with E-state index in [0.29, 0.717) is 17.1 Å². The highest BCUT2D eigenvalue weighted by Crippen LogP contribution is 2.21. The molecule has 0 aliphatic rings. The average molecular weight is 370 g/mol. The van der Waals surface area contributed by atoms with E-state index in [0.717, 1.165) is 23.7 Å². The predicted molar refractivity (Wildman–Crippen MR) is 86.2 cm³/mol. The van der Waals surface area contributed by atoms with E-state index in [-0.39, 0.29) is 24.4 Å². The van der Waals surface area contributed by atoms with E-state index in [1.807, 2.05) is 0 Å². The minimum absolute atomic E-state index is 0. The number of nitrogens with one attached hydrogen (secondary N) is 1. The maximum atomic E-state index is 12.0. The van der Waals surface area contributed by atoms with Crippen molar-refractivity contribution in [1.29, 1.82) is 0 Å². The van der Waals surface area contributed by atoms with Gasteiger partial charge in [-0.1, -0.05) is 47.3 Å². The van der Waals surface area contributed by atoms with Crippen LogP contribution in [0.5, 0.6) is 0 Å². The van der Waals surface area contributed by atoms with E-state index >= 15 is 0 Å². The Bertz CT molecular complexity index is 416. The molecule has 0 fully saturated rings. The maximum absolute atomic E-state index is 12.0. The van der Waals surface area contributed by atoms with Gasteiger partial charge in [-0.25, -0.2) is 0 Å². The Balaban J connectivity index is 0.00000324. The molecular formula is C13H19BrCl2N2O. The van der Waals surface area contributed by atoms with Gasteiger partial charge in [0.25, 0.3) is 5.91 Å². The van der Waals surface area contributed by atoms with Gasteiger partial charge in [0.15, 0.2) is 0 Å². The monoisotopic (exact) mass is 368 g/mol. The fraction of sp³-hybridized carbons (Fsp3) is 0.462. The molecule has 3 N–H and O–H groups in total. The van der Waals surface area contributed by atoms with Crippen LogP contribution in [-0.2, 0) is 0 Å². The topological polar surface area (TPSA) is 55.1 Å². The van der Waals surface area contributed by atoms with Crippen LogP contribution in [0.25, 0.3) is 0 Å². The van der Waals surface area contributed by atoms with Crippen molar-refractivity contribution in [3.8, 4) is 0 Å². The lowest BCUT2D eigenvalue weighted by molar-refractivity contribution is 0.0936. The molecule has 0 spiro atoms. The summed E-state index contributed by atoms with van der Waals surface area (Å²) in [6.45, 7) is 2.56. The van der Waals surface area contributed by atoms with Crippen molar-refractivity contribution in [2.75, 3.05) is 6.54 Å². The second kappa shape index (κ2) is 9.59. The lowest BCUT2D eigenvalue weighted by Gasteiger charge is -2.17. The summed E-state index contributed by atoms with van der Waals surface area (Å²) in [4.78, 5) is 12.0. The molecule has 0 bridgehead atoms. The number of carbonyl (C=O) groups excluding carboxylic acids is 1. The van der Waals surface area contributed by atoms with E-state index in [9.17, 15) is 4.79 Å². The number of halogens is 3. The summed E-state index contributed by atoms with van der Waals surface area (Å²) >= 11 is 9.34. The van der Waals surface area contributed by atoms with Crippen LogP contribution in [0.15, 0.2) is 22.7 Å². The third-order valence-electron chi connectivity index (χ3n) is 2.70. The van der Waals surface area contributed by atoms with Crippen molar-refractivity contribution in [2.24, 2.45) is 5.73 Å². The molecule has 1 rings (SSSR count). The third-order valence-corrected chi connectivity index (χ3v) is 3.51. The Morgan fingerprint density at radius 2 is 2.21 bits per heavy atom. The number of unbranched alkanes of at least 4 members (excludes halogenated alkanes) is 1. The zero-order valence-corrected chi connectivity index (χ0v) is 13.9. The summed E-state index contributed by atoms with van der Waals surface area (Å²) in [6.07, 6.45) is 3.04. The summed E-state index contributed by atoms with van der Waals surface area (Å²) in [6, 6.07) is 5.22. The number of hydrogen-bond acceptors (Lipinski definition) is 2. The molecule has 0 aliphatic heterocycles. The van der Waals surface area contributed by atoms with Crippen molar-refractivity contribution in [1.82, 2.24) is 5.32 Å². The predicted octanol–water partition coefficient (Wildman–Crippen LogP) is 3.77. The molecule has 0 aliphatic carbocycles. The van der Waals surface area contributed by atoms with Gasteiger partial charge in [0.1, 0.15) is 0 Å². The van der Waals surface area contributed by atoms with Gasteiger partial charge in [-0.15, -0.1) is 12.4 Å². The molecule has 0 aromatic heterocycles. The van der Waals surface area contributed by atoms with Crippen LogP contribution >= 0.6 is 39.9 Å². The highest BCUT2D eigenvalue weighted by molar-refractivity contribution is 9.10. The lowest BCUT2D eigenvalue weighted by atomic mass is 10.1. The molecule has 1 unspecified atom stereocenters. The van der Waals surface area contributed by atoms with Crippen molar-refractivity contribution >= 4 is 45.8 Å². The first kappa shape index (κ1) is 18.7. The van der Waals surface area contributed by atoms with Crippen molar-refractivity contribution in [3.05, 3.63) is 33.3 Å². The molecule has 3 nitrogen and oxygen atoms in total. The maximum Gasteiger partial charge on any atom is 0.253 e. The summed E-state index contributed by atoms with van der Waals surface area (Å²) in [5.41, 5.74) is 6.13. The quantitative estimate of drug-likeness (QED) is 0.801. The SMILES string of the molecule is CCCCC(CN)NC(=O)c1ccc(Br)cc1Cl.Cl. The molecular weight excluding hydrogens is 351 g/mol. The number of amides is 1. The number of benzene rings is 1. The second-order valence-corrected chi connectivity index (χ2v) is 5.50. The Morgan fingerprint density at radius 1 is 1.53 bits per heavy atom. The van der Waals surface area contributed by atoms with E-state index in [4.69, 9.17) is 17.3 Å². The number of hydrogen-bond donors (Lipinski definition) is 2. The van der Waals surface area contributed by atoms with E-state index in [1.54, 1.807) is 18.2 Å². The van der Waals surface area contributed by atoms with Crippen LogP contribution in [0, 0.1) is 0 Å². The van der Waals surface area contributed by atoms with Crippen molar-refractivity contribution in [2.45, 2.75) is 32.2 Å². The molecule has 108 valence electrons. The van der Waals surface area contributed by atoms with Gasteiger partial charge in [0, 0.05) is 17.1 Å². The van der Waals surface area contributed by atoms with Crippen molar-refractivity contribution < 1.29 is 4.79 Å². The molecule has 6 heteroatoms. The molecule has 19 heavy (non-hydrogen) atoms. The molecule has 1 aromatic rings. The van der Waals surface area contributed by atoms with Gasteiger partial charge in [-0.05, 0) is 24.6 Å². The van der Waals surface area contributed by atoms with Gasteiger partial charge in [0.05, 0.1) is 10.6 Å². The second-order valence-electron chi connectivity index (χ2n) is 4.17. The molecule has 0 radical (unpaired) electrons. The Hall–Kier alpha value is -0.290. The first-order chi connectivity index (χ1) is 8.58. The standard InChI is InChI=1S/C13H18BrClN2O.ClH/c1-2-3-4-10(8-16)17-13(18)11-6-5-9(14)7-12(11)15;/h5-7,10H,2-4,8,16H2,1H3,(H,17,18);1H. The smallest absolute Gasteiger partial charge is 0.253 e. The lowest BCUT2D eigenvalue weighted by Crippen LogP contribution is -2.40. The minimum Gasteiger partial charge on any atom is -0.348 e. The Kier molecular flexibility index (Phi) is 9.44. The molecule has 0 heterocycles. The highest BCUT2D eigenvalue weighted by atomic mass is 79.9. The van der Waals surface area contributed by atoms with Crippen LogP contribution in [0.2, 0.25) is 5.02 Å². The summed E-state index contributed by atoms with van der Waals surface area (Å²) in [5, 5.41) is 3.35. The van der Waals surface area contributed by atoms with Crippen molar-refractivity contribution in [3.63, 3.8) is 0 Å². The number of rotatable bonds is 6. The first-order valence-electron chi connectivity index (χ1n) is 6.04. The highest BCUT2D eigenvalue weighted by Gasteiger charge is 2.14. The van der Waals surface area contributed by atoms with Crippen LogP contribution in [0.1, 0.15) is 36.5 Å². The number of carbonyl (C=O) groups is 1. The average Bonchev–Trinajstić information content (AvgIpc) is 2.34. The largest absolute Gasteiger partial charge is 0.348 e. The van der Waals surface area contributed by atoms with E-state index < -0.39 is 0 Å². The van der Waals surface area contributed by atoms with Crippen LogP contribution in [0.4, 0.5) is 0 Å². The molecule has 0 saturated carbocycles. The Morgan fingerprint density at radius 3 is 2.74 bits per heavy atom. The molecule has 1 amide bonds. The van der Waals surface area contributed by atoms with Crippen LogP contribution in [-0.4, -0.2) is 18.5 Å². The van der Waals surface area contributed by atoms with Gasteiger partial charge in [-0.3, -0.25) is 4.79 Å². The zero-order chi connectivity index (χ0) is 13.5. The fourth-order valence-corrected chi connectivity index (χ4v) is 2.40.